The van der Waals surface area contributed by atoms with Crippen molar-refractivity contribution in [1.82, 2.24) is 4.98 Å². The van der Waals surface area contributed by atoms with Crippen molar-refractivity contribution in [1.29, 1.82) is 0 Å². The average molecular weight is 235 g/mol. The third kappa shape index (κ3) is 2.02. The monoisotopic (exact) mass is 235 g/mol. The number of H-pyrrole nitrogens is 1. The summed E-state index contributed by atoms with van der Waals surface area (Å²) < 4.78 is 4.39. The second kappa shape index (κ2) is 4.57. The van der Waals surface area contributed by atoms with Crippen molar-refractivity contribution in [3.05, 3.63) is 36.0 Å². The third-order valence-corrected chi connectivity index (χ3v) is 2.68. The molecular formula is C12H13NO4. The molecule has 0 saturated carbocycles. The number of ether oxygens (including phenoxy) is 1. The number of methoxy groups -OCH3 is 1. The van der Waals surface area contributed by atoms with Gasteiger partial charge in [0.2, 0.25) is 0 Å². The number of carbonyl (C=O) groups excluding carboxylic acids is 1. The highest BCUT2D eigenvalue weighted by Crippen LogP contribution is 2.25. The van der Waals surface area contributed by atoms with Crippen LogP contribution >= 0.6 is 0 Å². The number of rotatable bonds is 3. The van der Waals surface area contributed by atoms with E-state index in [0.29, 0.717) is 11.1 Å². The Balaban J connectivity index is 2.39. The third-order valence-electron chi connectivity index (χ3n) is 2.68. The maximum Gasteiger partial charge on any atom is 0.337 e. The van der Waals surface area contributed by atoms with Crippen LogP contribution in [0, 0.1) is 0 Å². The van der Waals surface area contributed by atoms with Crippen molar-refractivity contribution in [3.63, 3.8) is 0 Å². The molecule has 0 bridgehead atoms. The van der Waals surface area contributed by atoms with Gasteiger partial charge in [0.25, 0.3) is 0 Å². The smallest absolute Gasteiger partial charge is 0.337 e. The lowest BCUT2D eigenvalue weighted by Crippen LogP contribution is -2.29. The van der Waals surface area contributed by atoms with E-state index in [1.54, 1.807) is 18.3 Å². The molecule has 0 aliphatic rings. The molecule has 5 heteroatoms. The summed E-state index contributed by atoms with van der Waals surface area (Å²) >= 11 is 0. The Morgan fingerprint density at radius 1 is 1.35 bits per heavy atom. The summed E-state index contributed by atoms with van der Waals surface area (Å²) in [6.07, 6.45) is -1.18. The Bertz CT molecular complexity index is 534. The molecule has 2 aromatic rings. The molecular weight excluding hydrogens is 222 g/mol. The molecule has 2 atom stereocenters. The van der Waals surface area contributed by atoms with Gasteiger partial charge in [-0.1, -0.05) is 18.2 Å². The molecule has 90 valence electrons. The first-order valence-electron chi connectivity index (χ1n) is 5.15. The van der Waals surface area contributed by atoms with E-state index in [1.807, 2.05) is 12.1 Å². The van der Waals surface area contributed by atoms with Crippen LogP contribution in [0.5, 0.6) is 0 Å². The lowest BCUT2D eigenvalue weighted by molar-refractivity contribution is -0.156. The summed E-state index contributed by atoms with van der Waals surface area (Å²) in [4.78, 5) is 14.1. The van der Waals surface area contributed by atoms with Gasteiger partial charge >= 0.3 is 5.97 Å². The fraction of sp³-hybridized carbons (Fsp3) is 0.250. The van der Waals surface area contributed by atoms with Crippen LogP contribution in [-0.4, -0.2) is 34.4 Å². The number of carbonyl (C=O) groups is 1. The maximum atomic E-state index is 11.2. The molecule has 1 heterocycles. The Labute approximate surface area is 97.6 Å². The Kier molecular flexibility index (Phi) is 3.12. The minimum absolute atomic E-state index is 0.463. The van der Waals surface area contributed by atoms with Crippen LogP contribution in [-0.2, 0) is 9.53 Å². The van der Waals surface area contributed by atoms with Crippen LogP contribution < -0.4 is 0 Å². The predicted octanol–water partition coefficient (Wildman–Crippen LogP) is 0.735. The van der Waals surface area contributed by atoms with Crippen molar-refractivity contribution in [2.45, 2.75) is 12.2 Å². The van der Waals surface area contributed by atoms with E-state index in [1.165, 1.54) is 0 Å². The summed E-state index contributed by atoms with van der Waals surface area (Å²) in [5, 5.41) is 20.4. The summed E-state index contributed by atoms with van der Waals surface area (Å²) in [7, 11) is 1.16. The lowest BCUT2D eigenvalue weighted by Gasteiger charge is -2.16. The summed E-state index contributed by atoms with van der Waals surface area (Å²) in [6.45, 7) is 0. The van der Waals surface area contributed by atoms with Gasteiger partial charge in [0.1, 0.15) is 6.10 Å². The average Bonchev–Trinajstić information content (AvgIpc) is 2.83. The molecule has 2 unspecified atom stereocenters. The highest BCUT2D eigenvalue weighted by Gasteiger charge is 2.27. The molecule has 0 fully saturated rings. The molecule has 17 heavy (non-hydrogen) atoms. The molecule has 1 aromatic heterocycles. The number of aliphatic hydroxyl groups excluding tert-OH is 2. The fourth-order valence-electron chi connectivity index (χ4n) is 1.78. The van der Waals surface area contributed by atoms with Gasteiger partial charge in [-0.05, 0) is 11.5 Å². The number of para-hydroxylation sites is 1. The van der Waals surface area contributed by atoms with Gasteiger partial charge in [-0.2, -0.15) is 0 Å². The molecule has 0 spiro atoms. The number of hydrogen-bond donors (Lipinski definition) is 3. The summed E-state index contributed by atoms with van der Waals surface area (Å²) in [5.41, 5.74) is 1.16. The first kappa shape index (κ1) is 11.6. The van der Waals surface area contributed by atoms with Crippen LogP contribution in [0.2, 0.25) is 0 Å². The van der Waals surface area contributed by atoms with Gasteiger partial charge in [0, 0.05) is 11.8 Å². The molecule has 0 radical (unpaired) electrons. The number of hydrogen-bond acceptors (Lipinski definition) is 4. The van der Waals surface area contributed by atoms with E-state index >= 15 is 0 Å². The number of esters is 1. The maximum absolute atomic E-state index is 11.2. The number of fused-ring (bicyclic) bond motifs is 1. The van der Waals surface area contributed by atoms with Crippen molar-refractivity contribution >= 4 is 16.9 Å². The molecule has 5 nitrogen and oxygen atoms in total. The van der Waals surface area contributed by atoms with Gasteiger partial charge < -0.3 is 19.9 Å². The molecule has 0 saturated heterocycles. The number of nitrogens with one attached hydrogen (secondary N) is 1. The van der Waals surface area contributed by atoms with Crippen molar-refractivity contribution in [3.8, 4) is 0 Å². The first-order chi connectivity index (χ1) is 8.15. The zero-order valence-corrected chi connectivity index (χ0v) is 9.25. The minimum Gasteiger partial charge on any atom is -0.467 e. The van der Waals surface area contributed by atoms with Crippen molar-refractivity contribution < 1.29 is 19.7 Å². The second-order valence-corrected chi connectivity index (χ2v) is 3.70. The lowest BCUT2D eigenvalue weighted by atomic mass is 10.0. The molecule has 3 N–H and O–H groups in total. The second-order valence-electron chi connectivity index (χ2n) is 3.70. The molecule has 2 rings (SSSR count). The largest absolute Gasteiger partial charge is 0.467 e. The predicted molar refractivity (Wildman–Crippen MR) is 61.3 cm³/mol. The van der Waals surface area contributed by atoms with Gasteiger partial charge in [0.05, 0.1) is 12.6 Å². The van der Waals surface area contributed by atoms with Gasteiger partial charge in [-0.25, -0.2) is 4.79 Å². The molecule has 0 aliphatic carbocycles. The summed E-state index contributed by atoms with van der Waals surface area (Å²) in [5.74, 6) is -0.860. The molecule has 1 aromatic carbocycles. The Hall–Kier alpha value is -1.85. The Morgan fingerprint density at radius 3 is 2.82 bits per heavy atom. The van der Waals surface area contributed by atoms with Gasteiger partial charge in [-0.3, -0.25) is 0 Å². The standard InChI is InChI=1S/C12H13NO4/c1-17-12(16)11(15)10(14)8-4-2-3-7-5-6-13-9(7)8/h2-6,10-11,13-15H,1H3. The number of aliphatic hydroxyl groups is 2. The van der Waals surface area contributed by atoms with E-state index in [-0.39, 0.29) is 0 Å². The highest BCUT2D eigenvalue weighted by molar-refractivity contribution is 5.84. The van der Waals surface area contributed by atoms with Crippen LogP contribution in [0.25, 0.3) is 10.9 Å². The number of aromatic nitrogens is 1. The van der Waals surface area contributed by atoms with E-state index < -0.39 is 18.2 Å². The van der Waals surface area contributed by atoms with Crippen molar-refractivity contribution in [2.24, 2.45) is 0 Å². The van der Waals surface area contributed by atoms with Gasteiger partial charge in [-0.15, -0.1) is 0 Å². The fourth-order valence-corrected chi connectivity index (χ4v) is 1.78. The summed E-state index contributed by atoms with van der Waals surface area (Å²) in [6, 6.07) is 7.11. The Morgan fingerprint density at radius 2 is 2.12 bits per heavy atom. The normalized spacial score (nSPS) is 14.5. The SMILES string of the molecule is COC(=O)C(O)C(O)c1cccc2cc[nH]c12. The van der Waals surface area contributed by atoms with E-state index in [9.17, 15) is 15.0 Å². The van der Waals surface area contributed by atoms with E-state index in [2.05, 4.69) is 9.72 Å². The number of benzene rings is 1. The van der Waals surface area contributed by atoms with E-state index in [4.69, 9.17) is 0 Å². The van der Waals surface area contributed by atoms with Crippen molar-refractivity contribution in [2.75, 3.05) is 7.11 Å². The zero-order valence-electron chi connectivity index (χ0n) is 9.25. The minimum atomic E-state index is -1.59. The first-order valence-corrected chi connectivity index (χ1v) is 5.15. The van der Waals surface area contributed by atoms with Crippen LogP contribution in [0.1, 0.15) is 11.7 Å². The quantitative estimate of drug-likeness (QED) is 0.685. The van der Waals surface area contributed by atoms with Crippen LogP contribution in [0.15, 0.2) is 30.5 Å². The topological polar surface area (TPSA) is 82.6 Å². The van der Waals surface area contributed by atoms with Crippen LogP contribution in [0.3, 0.4) is 0 Å². The highest BCUT2D eigenvalue weighted by atomic mass is 16.5. The van der Waals surface area contributed by atoms with Gasteiger partial charge in [0.15, 0.2) is 6.10 Å². The molecule has 0 amide bonds. The number of aromatic amines is 1. The molecule has 0 aliphatic heterocycles. The van der Waals surface area contributed by atoms with Crippen LogP contribution in [0.4, 0.5) is 0 Å². The zero-order chi connectivity index (χ0) is 12.4. The van der Waals surface area contributed by atoms with E-state index in [0.717, 1.165) is 12.5 Å².